The van der Waals surface area contributed by atoms with Crippen LogP contribution in [0.4, 0.5) is 0 Å². The van der Waals surface area contributed by atoms with E-state index < -0.39 is 0 Å². The molecule has 0 bridgehead atoms. The van der Waals surface area contributed by atoms with Crippen LogP contribution in [0.3, 0.4) is 0 Å². The van der Waals surface area contributed by atoms with E-state index in [1.807, 2.05) is 48.5 Å². The molecule has 7 nitrogen and oxygen atoms in total. The van der Waals surface area contributed by atoms with E-state index in [0.717, 1.165) is 24.5 Å². The summed E-state index contributed by atoms with van der Waals surface area (Å²) < 4.78 is 5.71. The lowest BCUT2D eigenvalue weighted by Crippen LogP contribution is -2.20. The van der Waals surface area contributed by atoms with Gasteiger partial charge in [0.05, 0.1) is 6.42 Å². The maximum atomic E-state index is 12.1. The number of phenolic OH excluding ortho intramolecular Hbond substituents is 4. The van der Waals surface area contributed by atoms with Crippen molar-refractivity contribution in [3.8, 4) is 28.7 Å². The van der Waals surface area contributed by atoms with Crippen molar-refractivity contribution in [3.63, 3.8) is 0 Å². The van der Waals surface area contributed by atoms with Gasteiger partial charge in [0, 0.05) is 18.6 Å². The van der Waals surface area contributed by atoms with Gasteiger partial charge in [0.25, 0.3) is 0 Å². The molecule has 0 aromatic heterocycles. The van der Waals surface area contributed by atoms with Crippen molar-refractivity contribution in [1.29, 1.82) is 0 Å². The zero-order valence-electron chi connectivity index (χ0n) is 21.7. The Morgan fingerprint density at radius 1 is 0.825 bits per heavy atom. The number of ketones is 2. The van der Waals surface area contributed by atoms with Crippen molar-refractivity contribution in [1.82, 2.24) is 0 Å². The molecule has 7 heteroatoms. The number of aryl methyl sites for hydroxylation is 1. The molecule has 1 unspecified atom stereocenters. The lowest BCUT2D eigenvalue weighted by atomic mass is 9.95. The van der Waals surface area contributed by atoms with Gasteiger partial charge in [0.2, 0.25) is 0 Å². The Kier molecular flexibility index (Phi) is 9.20. The number of ether oxygens (including phenoxy) is 1. The van der Waals surface area contributed by atoms with E-state index in [0.29, 0.717) is 12.0 Å². The lowest BCUT2D eigenvalue weighted by molar-refractivity contribution is -0.114. The van der Waals surface area contributed by atoms with Gasteiger partial charge in [-0.2, -0.15) is 0 Å². The molecule has 0 fully saturated rings. The van der Waals surface area contributed by atoms with Crippen molar-refractivity contribution in [2.75, 3.05) is 0 Å². The summed E-state index contributed by atoms with van der Waals surface area (Å²) in [7, 11) is 0. The van der Waals surface area contributed by atoms with Gasteiger partial charge in [0.15, 0.2) is 23.1 Å². The summed E-state index contributed by atoms with van der Waals surface area (Å²) in [5, 5.41) is 37.7. The van der Waals surface area contributed by atoms with Crippen LogP contribution in [0, 0.1) is 0 Å². The van der Waals surface area contributed by atoms with Gasteiger partial charge in [-0.1, -0.05) is 72.8 Å². The van der Waals surface area contributed by atoms with Crippen molar-refractivity contribution < 1.29 is 34.8 Å². The zero-order chi connectivity index (χ0) is 28.5. The molecule has 4 aromatic carbocycles. The molecule has 40 heavy (non-hydrogen) atoms. The number of benzene rings is 4. The highest BCUT2D eigenvalue weighted by molar-refractivity contribution is 6.02. The average Bonchev–Trinajstić information content (AvgIpc) is 2.94. The van der Waals surface area contributed by atoms with Crippen molar-refractivity contribution in [2.45, 2.75) is 31.8 Å². The zero-order valence-corrected chi connectivity index (χ0v) is 21.7. The maximum absolute atomic E-state index is 12.1. The smallest absolute Gasteiger partial charge is 0.174 e. The van der Waals surface area contributed by atoms with E-state index in [1.54, 1.807) is 12.1 Å². The van der Waals surface area contributed by atoms with Gasteiger partial charge in [0.1, 0.15) is 28.9 Å². The molecule has 4 aromatic rings. The van der Waals surface area contributed by atoms with E-state index in [1.165, 1.54) is 29.8 Å². The highest BCUT2D eigenvalue weighted by Gasteiger charge is 2.30. The minimum Gasteiger partial charge on any atom is -0.508 e. The molecule has 0 saturated heterocycles. The first-order chi connectivity index (χ1) is 19.3. The summed E-state index contributed by atoms with van der Waals surface area (Å²) in [5.41, 5.74) is 2.95. The molecule has 0 spiro atoms. The van der Waals surface area contributed by atoms with E-state index in [9.17, 15) is 30.0 Å². The quantitative estimate of drug-likeness (QED) is 0.156. The van der Waals surface area contributed by atoms with Crippen LogP contribution in [0.15, 0.2) is 97.1 Å². The average molecular weight is 539 g/mol. The van der Waals surface area contributed by atoms with Crippen LogP contribution in [-0.2, 0) is 11.2 Å². The maximum Gasteiger partial charge on any atom is 0.174 e. The number of carbonyl (C=O) groups excluding carboxylic acids is 2. The van der Waals surface area contributed by atoms with Crippen molar-refractivity contribution in [2.24, 2.45) is 0 Å². The molecule has 5 rings (SSSR count). The molecule has 0 saturated carbocycles. The van der Waals surface area contributed by atoms with Crippen LogP contribution in [0.2, 0.25) is 0 Å². The number of hydrogen-bond acceptors (Lipinski definition) is 7. The second-order valence-electron chi connectivity index (χ2n) is 9.37. The number of hydrogen-bond donors (Lipinski definition) is 4. The van der Waals surface area contributed by atoms with Crippen molar-refractivity contribution in [3.05, 3.63) is 119 Å². The van der Waals surface area contributed by atoms with Crippen LogP contribution in [0.5, 0.6) is 28.7 Å². The first-order valence-corrected chi connectivity index (χ1v) is 12.9. The summed E-state index contributed by atoms with van der Waals surface area (Å²) in [6.45, 7) is 0. The standard InChI is InChI=1S/C18H18O3.C15H12O4/c19-16(8-4-7-14-5-2-1-3-6-14)11-9-15-10-12-17(20)18(21)13-15;16-10-6-11(17)15-12(18)8-13(19-14(15)7-10)9-4-2-1-3-5-9/h1-3,5-6,9-13,20-21H,4,7-8H2;1-7,13,16-17H,8H2/b11-9+;. The van der Waals surface area contributed by atoms with Gasteiger partial charge in [-0.15, -0.1) is 0 Å². The fourth-order valence-corrected chi connectivity index (χ4v) is 4.31. The highest BCUT2D eigenvalue weighted by atomic mass is 16.5. The molecular formula is C33H30O7. The molecule has 1 atom stereocenters. The second-order valence-corrected chi connectivity index (χ2v) is 9.37. The molecule has 1 aliphatic rings. The van der Waals surface area contributed by atoms with Crippen LogP contribution in [0.1, 0.15) is 52.4 Å². The van der Waals surface area contributed by atoms with Crippen LogP contribution in [0.25, 0.3) is 6.08 Å². The molecular weight excluding hydrogens is 508 g/mol. The Bertz CT molecular complexity index is 1490. The SMILES string of the molecule is O=C(/C=C/c1ccc(O)c(O)c1)CCCc1ccccc1.O=C1CC(c2ccccc2)Oc2cc(O)cc(O)c21. The monoisotopic (exact) mass is 538 g/mol. The fraction of sp³-hybridized carbons (Fsp3) is 0.152. The molecule has 1 aliphatic heterocycles. The molecule has 204 valence electrons. The van der Waals surface area contributed by atoms with Crippen LogP contribution < -0.4 is 4.74 Å². The fourth-order valence-electron chi connectivity index (χ4n) is 4.31. The van der Waals surface area contributed by atoms with E-state index in [-0.39, 0.29) is 58.4 Å². The number of fused-ring (bicyclic) bond motifs is 1. The Labute approximate surface area is 232 Å². The van der Waals surface area contributed by atoms with E-state index in [4.69, 9.17) is 4.74 Å². The Morgan fingerprint density at radius 2 is 1.52 bits per heavy atom. The molecule has 1 heterocycles. The predicted molar refractivity (Wildman–Crippen MR) is 152 cm³/mol. The third kappa shape index (κ3) is 7.51. The minimum atomic E-state index is -0.387. The van der Waals surface area contributed by atoms with Gasteiger partial charge in [-0.3, -0.25) is 9.59 Å². The molecule has 4 N–H and O–H groups in total. The van der Waals surface area contributed by atoms with Crippen LogP contribution >= 0.6 is 0 Å². The van der Waals surface area contributed by atoms with Gasteiger partial charge < -0.3 is 25.2 Å². The number of aromatic hydroxyl groups is 4. The number of allylic oxidation sites excluding steroid dienone is 1. The number of phenols is 4. The van der Waals surface area contributed by atoms with Gasteiger partial charge in [-0.05, 0) is 47.7 Å². The molecule has 0 radical (unpaired) electrons. The Morgan fingerprint density at radius 3 is 2.23 bits per heavy atom. The third-order valence-corrected chi connectivity index (χ3v) is 6.35. The largest absolute Gasteiger partial charge is 0.508 e. The van der Waals surface area contributed by atoms with Gasteiger partial charge in [-0.25, -0.2) is 0 Å². The Balaban J connectivity index is 0.000000186. The Hall–Kier alpha value is -5.04. The number of Topliss-reactive ketones (excluding diaryl/α,β-unsaturated/α-hetero) is 1. The lowest BCUT2D eigenvalue weighted by Gasteiger charge is -2.26. The molecule has 0 amide bonds. The summed E-state index contributed by atoms with van der Waals surface area (Å²) in [6.07, 6.45) is 5.14. The topological polar surface area (TPSA) is 124 Å². The minimum absolute atomic E-state index is 0.0542. The first-order valence-electron chi connectivity index (χ1n) is 12.9. The highest BCUT2D eigenvalue weighted by Crippen LogP contribution is 2.41. The van der Waals surface area contributed by atoms with Crippen molar-refractivity contribution >= 4 is 17.6 Å². The first kappa shape index (κ1) is 28.0. The summed E-state index contributed by atoms with van der Waals surface area (Å²) in [5.74, 6) is -0.631. The summed E-state index contributed by atoms with van der Waals surface area (Å²) in [4.78, 5) is 23.8. The summed E-state index contributed by atoms with van der Waals surface area (Å²) >= 11 is 0. The molecule has 0 aliphatic carbocycles. The van der Waals surface area contributed by atoms with Crippen LogP contribution in [-0.4, -0.2) is 32.0 Å². The van der Waals surface area contributed by atoms with E-state index >= 15 is 0 Å². The number of rotatable bonds is 7. The second kappa shape index (κ2) is 13.2. The van der Waals surface area contributed by atoms with E-state index in [2.05, 4.69) is 12.1 Å². The predicted octanol–water partition coefficient (Wildman–Crippen LogP) is 6.51. The normalized spacial score (nSPS) is 14.1. The number of carbonyl (C=O) groups is 2. The third-order valence-electron chi connectivity index (χ3n) is 6.35. The summed E-state index contributed by atoms with van der Waals surface area (Å²) in [6, 6.07) is 26.4. The van der Waals surface area contributed by atoms with Gasteiger partial charge >= 0.3 is 0 Å².